The van der Waals surface area contributed by atoms with E-state index in [9.17, 15) is 0 Å². The highest BCUT2D eigenvalue weighted by atomic mass is 16.5. The monoisotopic (exact) mass is 146 g/mol. The van der Waals surface area contributed by atoms with Crippen LogP contribution in [0.15, 0.2) is 24.3 Å². The van der Waals surface area contributed by atoms with Crippen molar-refractivity contribution in [1.82, 2.24) is 0 Å². The lowest BCUT2D eigenvalue weighted by Crippen LogP contribution is -1.98. The molecular weight excluding hydrogens is 136 g/mol. The van der Waals surface area contributed by atoms with Gasteiger partial charge in [0.15, 0.2) is 12.6 Å². The molecule has 0 aromatic carbocycles. The molecule has 0 spiro atoms. The molecule has 0 aliphatic carbocycles. The lowest BCUT2D eigenvalue weighted by Gasteiger charge is -1.90. The van der Waals surface area contributed by atoms with Gasteiger partial charge in [0.05, 0.1) is 0 Å². The van der Waals surface area contributed by atoms with E-state index in [0.717, 1.165) is 12.2 Å². The zero-order valence-corrected chi connectivity index (χ0v) is 5.25. The molecule has 0 heterocycles. The van der Waals surface area contributed by atoms with Crippen molar-refractivity contribution in [3.05, 3.63) is 24.3 Å². The van der Waals surface area contributed by atoms with Crippen LogP contribution in [0, 0.1) is 0 Å². The van der Waals surface area contributed by atoms with E-state index < -0.39 is 12.6 Å². The fourth-order valence-electron chi connectivity index (χ4n) is 0.327. The van der Waals surface area contributed by atoms with Crippen molar-refractivity contribution < 1.29 is 20.4 Å². The number of hydrogen-bond acceptors (Lipinski definition) is 4. The van der Waals surface area contributed by atoms with Gasteiger partial charge in [0.1, 0.15) is 0 Å². The molecule has 0 saturated heterocycles. The Hall–Kier alpha value is -0.680. The smallest absolute Gasteiger partial charge is 0.171 e. The van der Waals surface area contributed by atoms with Crippen LogP contribution in [0.25, 0.3) is 0 Å². The molecule has 0 atom stereocenters. The van der Waals surface area contributed by atoms with E-state index in [0.29, 0.717) is 0 Å². The summed E-state index contributed by atoms with van der Waals surface area (Å²) >= 11 is 0. The number of hydrogen-bond donors (Lipinski definition) is 4. The molecule has 0 aliphatic heterocycles. The maximum Gasteiger partial charge on any atom is 0.171 e. The largest absolute Gasteiger partial charge is 0.365 e. The third-order valence-corrected chi connectivity index (χ3v) is 0.678. The Kier molecular flexibility index (Phi) is 4.78. The van der Waals surface area contributed by atoms with Crippen LogP contribution >= 0.6 is 0 Å². The Balaban J connectivity index is 3.52. The van der Waals surface area contributed by atoms with Gasteiger partial charge in [0, 0.05) is 0 Å². The Morgan fingerprint density at radius 2 is 1.00 bits per heavy atom. The number of rotatable bonds is 3. The van der Waals surface area contributed by atoms with Gasteiger partial charge in [-0.1, -0.05) is 12.2 Å². The standard InChI is InChI=1S/C6H10O4/c7-5(8)3-1-2-4-6(9)10/h1-10H/b3-1+,4-2+. The fraction of sp³-hybridized carbons (Fsp3) is 0.333. The molecule has 0 amide bonds. The molecular formula is C6H10O4. The maximum atomic E-state index is 8.23. The Morgan fingerprint density at radius 3 is 1.20 bits per heavy atom. The highest BCUT2D eigenvalue weighted by Crippen LogP contribution is 1.83. The lowest BCUT2D eigenvalue weighted by atomic mass is 10.4. The molecule has 4 N–H and O–H groups in total. The van der Waals surface area contributed by atoms with E-state index in [4.69, 9.17) is 20.4 Å². The van der Waals surface area contributed by atoms with Gasteiger partial charge in [-0.25, -0.2) is 0 Å². The summed E-state index contributed by atoms with van der Waals surface area (Å²) in [5.74, 6) is 0. The quantitative estimate of drug-likeness (QED) is 0.295. The van der Waals surface area contributed by atoms with E-state index in [1.165, 1.54) is 12.2 Å². The minimum absolute atomic E-state index is 1.08. The molecule has 0 fully saturated rings. The minimum atomic E-state index is -1.50. The number of aliphatic hydroxyl groups excluding tert-OH is 2. The zero-order valence-electron chi connectivity index (χ0n) is 5.25. The van der Waals surface area contributed by atoms with Crippen LogP contribution in [-0.4, -0.2) is 33.0 Å². The summed E-state index contributed by atoms with van der Waals surface area (Å²) in [7, 11) is 0. The summed E-state index contributed by atoms with van der Waals surface area (Å²) in [5, 5.41) is 32.9. The van der Waals surface area contributed by atoms with Crippen LogP contribution in [0.2, 0.25) is 0 Å². The van der Waals surface area contributed by atoms with Gasteiger partial charge in [0.2, 0.25) is 0 Å². The topological polar surface area (TPSA) is 80.9 Å². The molecule has 0 radical (unpaired) electrons. The van der Waals surface area contributed by atoms with E-state index in [1.807, 2.05) is 0 Å². The summed E-state index contributed by atoms with van der Waals surface area (Å²) in [4.78, 5) is 0. The van der Waals surface area contributed by atoms with Gasteiger partial charge >= 0.3 is 0 Å². The van der Waals surface area contributed by atoms with Crippen molar-refractivity contribution >= 4 is 0 Å². The molecule has 4 nitrogen and oxygen atoms in total. The van der Waals surface area contributed by atoms with Crippen molar-refractivity contribution in [2.45, 2.75) is 12.6 Å². The Labute approximate surface area is 58.4 Å². The lowest BCUT2D eigenvalue weighted by molar-refractivity contribution is 0.000729. The Bertz CT molecular complexity index is 110. The first-order valence-corrected chi connectivity index (χ1v) is 2.70. The molecule has 0 saturated carbocycles. The average Bonchev–Trinajstić information content (AvgIpc) is 1.79. The first kappa shape index (κ1) is 9.32. The number of allylic oxidation sites excluding steroid dienone is 2. The van der Waals surface area contributed by atoms with Crippen LogP contribution in [0.1, 0.15) is 0 Å². The Morgan fingerprint density at radius 1 is 0.700 bits per heavy atom. The van der Waals surface area contributed by atoms with E-state index in [1.54, 1.807) is 0 Å². The maximum absolute atomic E-state index is 8.23. The summed E-state index contributed by atoms with van der Waals surface area (Å²) in [5.41, 5.74) is 0. The second-order valence-electron chi connectivity index (χ2n) is 1.60. The van der Waals surface area contributed by atoms with Gasteiger partial charge in [-0.2, -0.15) is 0 Å². The van der Waals surface area contributed by atoms with Crippen LogP contribution in [0.5, 0.6) is 0 Å². The van der Waals surface area contributed by atoms with Crippen LogP contribution < -0.4 is 0 Å². The highest BCUT2D eigenvalue weighted by Gasteiger charge is 1.85. The molecule has 58 valence electrons. The molecule has 0 aromatic heterocycles. The van der Waals surface area contributed by atoms with Crippen molar-refractivity contribution in [3.63, 3.8) is 0 Å². The van der Waals surface area contributed by atoms with Crippen molar-refractivity contribution in [3.8, 4) is 0 Å². The normalized spacial score (nSPS) is 13.0. The van der Waals surface area contributed by atoms with Crippen molar-refractivity contribution in [1.29, 1.82) is 0 Å². The predicted molar refractivity (Wildman–Crippen MR) is 34.7 cm³/mol. The van der Waals surface area contributed by atoms with Crippen LogP contribution in [-0.2, 0) is 0 Å². The van der Waals surface area contributed by atoms with E-state index in [2.05, 4.69) is 0 Å². The zero-order chi connectivity index (χ0) is 7.98. The van der Waals surface area contributed by atoms with Crippen LogP contribution in [0.4, 0.5) is 0 Å². The summed E-state index contributed by atoms with van der Waals surface area (Å²) in [6, 6.07) is 0. The predicted octanol–water partition coefficient (Wildman–Crippen LogP) is -1.28. The SMILES string of the molecule is OC(O)/C=C/C=C/C(O)O. The third kappa shape index (κ3) is 7.32. The average molecular weight is 146 g/mol. The van der Waals surface area contributed by atoms with Crippen molar-refractivity contribution in [2.24, 2.45) is 0 Å². The summed E-state index contributed by atoms with van der Waals surface area (Å²) in [6.45, 7) is 0. The second-order valence-corrected chi connectivity index (χ2v) is 1.60. The molecule has 0 aliphatic rings. The van der Waals surface area contributed by atoms with Crippen molar-refractivity contribution in [2.75, 3.05) is 0 Å². The fourth-order valence-corrected chi connectivity index (χ4v) is 0.327. The molecule has 0 bridgehead atoms. The molecule has 0 rings (SSSR count). The van der Waals surface area contributed by atoms with E-state index >= 15 is 0 Å². The van der Waals surface area contributed by atoms with Gasteiger partial charge in [-0.05, 0) is 12.2 Å². The van der Waals surface area contributed by atoms with Gasteiger partial charge in [0.25, 0.3) is 0 Å². The highest BCUT2D eigenvalue weighted by molar-refractivity contribution is 5.03. The molecule has 4 heteroatoms. The molecule has 0 unspecified atom stereocenters. The molecule has 10 heavy (non-hydrogen) atoms. The first-order chi connectivity index (χ1) is 4.63. The third-order valence-electron chi connectivity index (χ3n) is 0.678. The number of aliphatic hydroxyl groups is 4. The second kappa shape index (κ2) is 5.13. The minimum Gasteiger partial charge on any atom is -0.365 e. The van der Waals surface area contributed by atoms with Gasteiger partial charge < -0.3 is 20.4 Å². The van der Waals surface area contributed by atoms with Gasteiger partial charge in [-0.3, -0.25) is 0 Å². The summed E-state index contributed by atoms with van der Waals surface area (Å²) in [6.07, 6.45) is 1.76. The molecule has 0 aromatic rings. The summed E-state index contributed by atoms with van der Waals surface area (Å²) < 4.78 is 0. The van der Waals surface area contributed by atoms with Crippen LogP contribution in [0.3, 0.4) is 0 Å². The first-order valence-electron chi connectivity index (χ1n) is 2.70. The van der Waals surface area contributed by atoms with Gasteiger partial charge in [-0.15, -0.1) is 0 Å². The van der Waals surface area contributed by atoms with E-state index in [-0.39, 0.29) is 0 Å².